The maximum atomic E-state index is 13.7. The van der Waals surface area contributed by atoms with E-state index in [9.17, 15) is 14.0 Å². The lowest BCUT2D eigenvalue weighted by molar-refractivity contribution is 0.0696. The summed E-state index contributed by atoms with van der Waals surface area (Å²) in [4.78, 5) is 24.1. The quantitative estimate of drug-likeness (QED) is 0.890. The van der Waals surface area contributed by atoms with Crippen LogP contribution in [0.4, 0.5) is 14.9 Å². The van der Waals surface area contributed by atoms with Gasteiger partial charge < -0.3 is 15.3 Å². The summed E-state index contributed by atoms with van der Waals surface area (Å²) in [5.41, 5.74) is -0.170. The summed E-state index contributed by atoms with van der Waals surface area (Å²) >= 11 is 0. The van der Waals surface area contributed by atoms with Crippen LogP contribution in [0.25, 0.3) is 0 Å². The third kappa shape index (κ3) is 3.26. The summed E-state index contributed by atoms with van der Waals surface area (Å²) in [6, 6.07) is 3.00. The van der Waals surface area contributed by atoms with E-state index in [1.165, 1.54) is 17.0 Å². The van der Waals surface area contributed by atoms with Crippen molar-refractivity contribution in [3.05, 3.63) is 29.6 Å². The molecule has 1 aromatic rings. The Bertz CT molecular complexity index is 547. The number of nitrogens with one attached hydrogen (secondary N) is 1. The number of amides is 2. The molecule has 0 bridgehead atoms. The Hall–Kier alpha value is -2.11. The molecule has 1 saturated carbocycles. The number of halogens is 1. The lowest BCUT2D eigenvalue weighted by Gasteiger charge is -2.18. The van der Waals surface area contributed by atoms with Crippen LogP contribution in [0.5, 0.6) is 0 Å². The summed E-state index contributed by atoms with van der Waals surface area (Å²) in [6.07, 6.45) is 1.11. The molecule has 0 saturated heterocycles. The first-order chi connectivity index (χ1) is 9.38. The monoisotopic (exact) mass is 280 g/mol. The van der Waals surface area contributed by atoms with Crippen LogP contribution in [-0.2, 0) is 0 Å². The second-order valence-electron chi connectivity index (χ2n) is 5.28. The number of carbonyl (C=O) groups excluding carboxylic acids is 1. The average molecular weight is 280 g/mol. The Morgan fingerprint density at radius 1 is 1.50 bits per heavy atom. The number of anilines is 1. The molecule has 5 nitrogen and oxygen atoms in total. The Morgan fingerprint density at radius 2 is 2.15 bits per heavy atom. The molecule has 0 aromatic heterocycles. The molecule has 0 radical (unpaired) electrons. The van der Waals surface area contributed by atoms with Gasteiger partial charge in [-0.15, -0.1) is 0 Å². The maximum absolute atomic E-state index is 13.7. The van der Waals surface area contributed by atoms with Crippen LogP contribution >= 0.6 is 0 Å². The van der Waals surface area contributed by atoms with Crippen molar-refractivity contribution in [2.24, 2.45) is 11.8 Å². The number of hydrogen-bond acceptors (Lipinski definition) is 2. The first-order valence-electron chi connectivity index (χ1n) is 6.43. The van der Waals surface area contributed by atoms with Crippen molar-refractivity contribution in [3.63, 3.8) is 0 Å². The van der Waals surface area contributed by atoms with Gasteiger partial charge in [0.1, 0.15) is 5.82 Å². The molecule has 2 rings (SSSR count). The number of hydrogen-bond donors (Lipinski definition) is 2. The Labute approximate surface area is 116 Å². The van der Waals surface area contributed by atoms with Gasteiger partial charge in [0.2, 0.25) is 0 Å². The fourth-order valence-corrected chi connectivity index (χ4v) is 2.05. The van der Waals surface area contributed by atoms with Crippen molar-refractivity contribution < 1.29 is 19.1 Å². The van der Waals surface area contributed by atoms with Crippen LogP contribution in [0.2, 0.25) is 0 Å². The van der Waals surface area contributed by atoms with Gasteiger partial charge in [-0.25, -0.2) is 14.0 Å². The number of benzene rings is 1. The third-order valence-electron chi connectivity index (χ3n) is 3.59. The van der Waals surface area contributed by atoms with Crippen molar-refractivity contribution in [1.82, 2.24) is 4.90 Å². The van der Waals surface area contributed by atoms with E-state index in [2.05, 4.69) is 12.2 Å². The first kappa shape index (κ1) is 14.3. The highest BCUT2D eigenvalue weighted by Crippen LogP contribution is 2.38. The Balaban J connectivity index is 1.98. The molecule has 1 aliphatic rings. The normalized spacial score (nSPS) is 20.4. The second-order valence-corrected chi connectivity index (χ2v) is 5.28. The van der Waals surface area contributed by atoms with Crippen LogP contribution in [0.1, 0.15) is 23.7 Å². The number of aromatic carboxylic acids is 1. The second kappa shape index (κ2) is 5.48. The smallest absolute Gasteiger partial charge is 0.335 e. The van der Waals surface area contributed by atoms with Crippen LogP contribution in [0, 0.1) is 17.7 Å². The number of carboxylic acids is 1. The Morgan fingerprint density at radius 3 is 2.65 bits per heavy atom. The van der Waals surface area contributed by atoms with Crippen molar-refractivity contribution in [1.29, 1.82) is 0 Å². The minimum Gasteiger partial charge on any atom is -0.478 e. The lowest BCUT2D eigenvalue weighted by atomic mass is 10.2. The summed E-state index contributed by atoms with van der Waals surface area (Å²) < 4.78 is 13.7. The van der Waals surface area contributed by atoms with Crippen molar-refractivity contribution in [2.45, 2.75) is 13.3 Å². The fourth-order valence-electron chi connectivity index (χ4n) is 2.05. The SMILES string of the molecule is CC1CC1CN(C)C(=O)Nc1ccc(C(=O)O)cc1F. The molecule has 1 fully saturated rings. The highest BCUT2D eigenvalue weighted by Gasteiger charge is 2.34. The molecule has 20 heavy (non-hydrogen) atoms. The molecule has 2 N–H and O–H groups in total. The average Bonchev–Trinajstić information content (AvgIpc) is 3.06. The van der Waals surface area contributed by atoms with Crippen LogP contribution in [0.3, 0.4) is 0 Å². The molecule has 2 amide bonds. The van der Waals surface area contributed by atoms with E-state index in [0.717, 1.165) is 12.5 Å². The number of rotatable bonds is 4. The summed E-state index contributed by atoms with van der Waals surface area (Å²) in [7, 11) is 1.66. The predicted octanol–water partition coefficient (Wildman–Crippen LogP) is 2.64. The molecule has 2 unspecified atom stereocenters. The zero-order chi connectivity index (χ0) is 14.9. The van der Waals surface area contributed by atoms with Gasteiger partial charge in [0.15, 0.2) is 0 Å². The largest absolute Gasteiger partial charge is 0.478 e. The van der Waals surface area contributed by atoms with Gasteiger partial charge >= 0.3 is 12.0 Å². The summed E-state index contributed by atoms with van der Waals surface area (Å²) in [5, 5.41) is 11.2. The Kier molecular flexibility index (Phi) is 3.92. The van der Waals surface area contributed by atoms with Gasteiger partial charge in [-0.1, -0.05) is 6.92 Å². The van der Waals surface area contributed by atoms with Crippen LogP contribution in [0.15, 0.2) is 18.2 Å². The van der Waals surface area contributed by atoms with E-state index in [-0.39, 0.29) is 11.3 Å². The zero-order valence-electron chi connectivity index (χ0n) is 11.4. The zero-order valence-corrected chi connectivity index (χ0v) is 11.4. The standard InChI is InChI=1S/C14H17FN2O3/c1-8-5-10(8)7-17(2)14(20)16-12-4-3-9(13(18)19)6-11(12)15/h3-4,6,8,10H,5,7H2,1-2H3,(H,16,20)(H,18,19). The van der Waals surface area contributed by atoms with E-state index < -0.39 is 17.8 Å². The molecular formula is C14H17FN2O3. The van der Waals surface area contributed by atoms with Gasteiger partial charge in [-0.2, -0.15) is 0 Å². The highest BCUT2D eigenvalue weighted by molar-refractivity contribution is 5.91. The molecule has 0 spiro atoms. The number of urea groups is 1. The van der Waals surface area contributed by atoms with Gasteiger partial charge in [0.25, 0.3) is 0 Å². The van der Waals surface area contributed by atoms with Crippen molar-refractivity contribution in [3.8, 4) is 0 Å². The molecule has 1 aromatic carbocycles. The van der Waals surface area contributed by atoms with E-state index in [0.29, 0.717) is 18.4 Å². The van der Waals surface area contributed by atoms with Gasteiger partial charge in [0.05, 0.1) is 11.3 Å². The lowest BCUT2D eigenvalue weighted by Crippen LogP contribution is -2.33. The fraction of sp³-hybridized carbons (Fsp3) is 0.429. The third-order valence-corrected chi connectivity index (χ3v) is 3.59. The van der Waals surface area contributed by atoms with E-state index in [1.54, 1.807) is 7.05 Å². The van der Waals surface area contributed by atoms with Crippen LogP contribution in [-0.4, -0.2) is 35.6 Å². The van der Waals surface area contributed by atoms with Gasteiger partial charge in [-0.05, 0) is 36.5 Å². The maximum Gasteiger partial charge on any atom is 0.335 e. The van der Waals surface area contributed by atoms with Gasteiger partial charge in [-0.3, -0.25) is 0 Å². The highest BCUT2D eigenvalue weighted by atomic mass is 19.1. The number of nitrogens with zero attached hydrogens (tertiary/aromatic N) is 1. The molecule has 0 aliphatic heterocycles. The summed E-state index contributed by atoms with van der Waals surface area (Å²) in [5.74, 6) is -0.810. The van der Waals surface area contributed by atoms with Crippen molar-refractivity contribution >= 4 is 17.7 Å². The molecular weight excluding hydrogens is 263 g/mol. The van der Waals surface area contributed by atoms with Gasteiger partial charge in [0, 0.05) is 13.6 Å². The van der Waals surface area contributed by atoms with Crippen molar-refractivity contribution in [2.75, 3.05) is 18.9 Å². The van der Waals surface area contributed by atoms with E-state index in [1.807, 2.05) is 0 Å². The van der Waals surface area contributed by atoms with E-state index >= 15 is 0 Å². The molecule has 0 heterocycles. The predicted molar refractivity (Wildman–Crippen MR) is 72.3 cm³/mol. The molecule has 108 valence electrons. The van der Waals surface area contributed by atoms with Crippen LogP contribution < -0.4 is 5.32 Å². The van der Waals surface area contributed by atoms with E-state index in [4.69, 9.17) is 5.11 Å². The molecule has 2 atom stereocenters. The number of carbonyl (C=O) groups is 2. The molecule has 1 aliphatic carbocycles. The molecule has 6 heteroatoms. The first-order valence-corrected chi connectivity index (χ1v) is 6.43. The minimum atomic E-state index is -1.21. The topological polar surface area (TPSA) is 69.6 Å². The summed E-state index contributed by atoms with van der Waals surface area (Å²) in [6.45, 7) is 2.77. The minimum absolute atomic E-state index is 0.0179. The number of carboxylic acid groups (broad SMARTS) is 1.